The Balaban J connectivity index is 1.58. The molecule has 182 valence electrons. The second kappa shape index (κ2) is 8.43. The van der Waals surface area contributed by atoms with Crippen molar-refractivity contribution in [3.05, 3.63) is 11.6 Å². The minimum atomic E-state index is -1.14. The van der Waals surface area contributed by atoms with Gasteiger partial charge >= 0.3 is 0 Å². The van der Waals surface area contributed by atoms with Crippen LogP contribution in [0.4, 0.5) is 0 Å². The number of aliphatic hydroxyl groups is 1. The molecule has 9 atom stereocenters. The molecular weight excluding hydrogens is 396 g/mol. The molecule has 0 aromatic rings. The summed E-state index contributed by atoms with van der Waals surface area (Å²) < 4.78 is 0. The van der Waals surface area contributed by atoms with E-state index in [4.69, 9.17) is 0 Å². The number of aliphatic hydroxyl groups excluding tert-OH is 1. The van der Waals surface area contributed by atoms with E-state index in [9.17, 15) is 15.0 Å². The van der Waals surface area contributed by atoms with E-state index in [0.29, 0.717) is 23.7 Å². The fourth-order valence-corrected chi connectivity index (χ4v) is 9.32. The number of hydrogen-bond acceptors (Lipinski definition) is 3. The van der Waals surface area contributed by atoms with Crippen LogP contribution in [0.1, 0.15) is 106 Å². The van der Waals surface area contributed by atoms with Crippen molar-refractivity contribution in [1.29, 1.82) is 0 Å². The van der Waals surface area contributed by atoms with Crippen LogP contribution in [0, 0.1) is 51.8 Å². The second-order valence-corrected chi connectivity index (χ2v) is 13.3. The average Bonchev–Trinajstić information content (AvgIpc) is 3.08. The van der Waals surface area contributed by atoms with Crippen LogP contribution in [0.2, 0.25) is 0 Å². The summed E-state index contributed by atoms with van der Waals surface area (Å²) in [5.41, 5.74) is 0.875. The van der Waals surface area contributed by atoms with Gasteiger partial charge in [0.1, 0.15) is 0 Å². The lowest BCUT2D eigenvalue weighted by atomic mass is 9.43. The van der Waals surface area contributed by atoms with Crippen LogP contribution in [0.25, 0.3) is 0 Å². The summed E-state index contributed by atoms with van der Waals surface area (Å²) >= 11 is 0. The molecule has 1 N–H and O–H groups in total. The largest absolute Gasteiger partial charge is 0.549 e. The van der Waals surface area contributed by atoms with Crippen LogP contribution in [0.15, 0.2) is 11.6 Å². The quantitative estimate of drug-likeness (QED) is 0.531. The lowest BCUT2D eigenvalue weighted by Gasteiger charge is -2.62. The lowest BCUT2D eigenvalue weighted by molar-refractivity contribution is -0.332. The molecular formula is C29H47O3-. The van der Waals surface area contributed by atoms with Crippen molar-refractivity contribution in [2.75, 3.05) is 0 Å². The van der Waals surface area contributed by atoms with Gasteiger partial charge in [0.25, 0.3) is 0 Å². The minimum Gasteiger partial charge on any atom is -0.549 e. The summed E-state index contributed by atoms with van der Waals surface area (Å²) in [7, 11) is 0. The molecule has 0 spiro atoms. The predicted molar refractivity (Wildman–Crippen MR) is 128 cm³/mol. The number of carboxylic acid groups (broad SMARTS) is 1. The smallest absolute Gasteiger partial charge is 0.0649 e. The summed E-state index contributed by atoms with van der Waals surface area (Å²) in [6.07, 6.45) is 13.1. The molecule has 3 saturated carbocycles. The number of carbonyl (C=O) groups excluding carboxylic acids is 1. The zero-order valence-electron chi connectivity index (χ0n) is 21.5. The van der Waals surface area contributed by atoms with Crippen LogP contribution < -0.4 is 5.11 Å². The fourth-order valence-electron chi connectivity index (χ4n) is 9.32. The summed E-state index contributed by atoms with van der Waals surface area (Å²) in [6.45, 7) is 13.8. The van der Waals surface area contributed by atoms with Gasteiger partial charge in [-0.2, -0.15) is 0 Å². The number of fused-ring (bicyclic) bond motifs is 5. The molecule has 4 aliphatic carbocycles. The minimum absolute atomic E-state index is 0.0333. The third-order valence-electron chi connectivity index (χ3n) is 11.3. The van der Waals surface area contributed by atoms with Gasteiger partial charge in [0, 0.05) is 5.41 Å². The van der Waals surface area contributed by atoms with Gasteiger partial charge in [0.2, 0.25) is 0 Å². The van der Waals surface area contributed by atoms with E-state index < -0.39 is 17.5 Å². The number of aliphatic carboxylic acids is 1. The van der Waals surface area contributed by atoms with Crippen LogP contribution in [-0.2, 0) is 4.79 Å². The molecule has 3 heteroatoms. The summed E-state index contributed by atoms with van der Waals surface area (Å²) in [4.78, 5) is 12.2. The third-order valence-corrected chi connectivity index (χ3v) is 11.3. The monoisotopic (exact) mass is 443 g/mol. The predicted octanol–water partition coefficient (Wildman–Crippen LogP) is 5.75. The van der Waals surface area contributed by atoms with Crippen LogP contribution in [0.3, 0.4) is 0 Å². The Labute approximate surface area is 196 Å². The number of carboxylic acids is 1. The van der Waals surface area contributed by atoms with Gasteiger partial charge in [-0.1, -0.05) is 72.5 Å². The highest BCUT2D eigenvalue weighted by atomic mass is 16.4. The van der Waals surface area contributed by atoms with E-state index in [-0.39, 0.29) is 11.3 Å². The zero-order valence-corrected chi connectivity index (χ0v) is 21.5. The maximum atomic E-state index is 12.2. The van der Waals surface area contributed by atoms with E-state index >= 15 is 0 Å². The van der Waals surface area contributed by atoms with Gasteiger partial charge in [-0.25, -0.2) is 0 Å². The Morgan fingerprint density at radius 2 is 1.69 bits per heavy atom. The lowest BCUT2D eigenvalue weighted by Crippen LogP contribution is -2.62. The van der Waals surface area contributed by atoms with Crippen molar-refractivity contribution in [2.45, 2.75) is 112 Å². The molecule has 0 aromatic carbocycles. The van der Waals surface area contributed by atoms with E-state index in [1.807, 2.05) is 0 Å². The molecule has 3 fully saturated rings. The van der Waals surface area contributed by atoms with Crippen LogP contribution in [0.5, 0.6) is 0 Å². The van der Waals surface area contributed by atoms with Gasteiger partial charge < -0.3 is 15.0 Å². The molecule has 0 amide bonds. The van der Waals surface area contributed by atoms with Crippen molar-refractivity contribution >= 4 is 5.97 Å². The first-order chi connectivity index (χ1) is 15.0. The molecule has 3 nitrogen and oxygen atoms in total. The van der Waals surface area contributed by atoms with Crippen molar-refractivity contribution in [3.8, 4) is 0 Å². The van der Waals surface area contributed by atoms with Crippen molar-refractivity contribution in [2.24, 2.45) is 51.8 Å². The maximum absolute atomic E-state index is 12.2. The topological polar surface area (TPSA) is 60.4 Å². The third kappa shape index (κ3) is 3.51. The van der Waals surface area contributed by atoms with Gasteiger partial charge in [0.05, 0.1) is 12.1 Å². The first-order valence-corrected chi connectivity index (χ1v) is 13.6. The fraction of sp³-hybridized carbons (Fsp3) is 0.897. The molecule has 0 aromatic heterocycles. The summed E-state index contributed by atoms with van der Waals surface area (Å²) in [5, 5.41) is 22.9. The first kappa shape index (κ1) is 24.3. The molecule has 4 rings (SSSR count). The summed E-state index contributed by atoms with van der Waals surface area (Å²) in [6, 6.07) is 0. The van der Waals surface area contributed by atoms with E-state index in [2.05, 4.69) is 40.7 Å². The Morgan fingerprint density at radius 1 is 1.03 bits per heavy atom. The number of hydrogen-bond donors (Lipinski definition) is 1. The summed E-state index contributed by atoms with van der Waals surface area (Å²) in [5.74, 6) is 2.45. The standard InChI is InChI=1S/C29H48O3/c1-18(2)8-7-9-19(3)21-11-12-22-20-10-13-24-28(5,23(20)14-16-27(21,22)4)17-15-25(30)29(24,6)26(31)32/h10,18-19,21-25,30H,7-9,11-17H2,1-6H3,(H,31,32)/p-1/t19-,21-,22+,23+,24-,25+,27-,28-,29-/m1/s1. The Morgan fingerprint density at radius 3 is 2.34 bits per heavy atom. The molecule has 0 radical (unpaired) electrons. The average molecular weight is 444 g/mol. The Hall–Kier alpha value is -0.830. The molecule has 0 saturated heterocycles. The Bertz CT molecular complexity index is 756. The molecule has 32 heavy (non-hydrogen) atoms. The van der Waals surface area contributed by atoms with E-state index in [1.54, 1.807) is 12.5 Å². The molecule has 0 bridgehead atoms. The van der Waals surface area contributed by atoms with Gasteiger partial charge in [0.15, 0.2) is 0 Å². The highest BCUT2D eigenvalue weighted by Crippen LogP contribution is 2.68. The van der Waals surface area contributed by atoms with Crippen molar-refractivity contribution in [1.82, 2.24) is 0 Å². The number of carbonyl (C=O) groups is 1. The molecule has 0 heterocycles. The van der Waals surface area contributed by atoms with Gasteiger partial charge in [-0.05, 0) is 91.3 Å². The Kier molecular flexibility index (Phi) is 6.40. The number of rotatable bonds is 6. The van der Waals surface area contributed by atoms with Crippen molar-refractivity contribution in [3.63, 3.8) is 0 Å². The van der Waals surface area contributed by atoms with E-state index in [1.165, 1.54) is 44.9 Å². The van der Waals surface area contributed by atoms with Crippen molar-refractivity contribution < 1.29 is 15.0 Å². The highest BCUT2D eigenvalue weighted by molar-refractivity contribution is 5.74. The second-order valence-electron chi connectivity index (χ2n) is 13.3. The zero-order chi connectivity index (χ0) is 23.5. The SMILES string of the molecule is CC(C)CCC[C@@H](C)[C@H]1CC[C@H]2C3=CC[C@@H]4[C@](C)(CC[C@H](O)[C@]4(C)C(=O)[O-])[C@H]3CC[C@]12C. The maximum Gasteiger partial charge on any atom is 0.0649 e. The van der Waals surface area contributed by atoms with Crippen LogP contribution in [-0.4, -0.2) is 17.2 Å². The van der Waals surface area contributed by atoms with Gasteiger partial charge in [-0.3, -0.25) is 0 Å². The molecule has 4 aliphatic rings. The normalized spacial score (nSPS) is 46.8. The number of allylic oxidation sites excluding steroid dienone is 2. The molecule has 0 unspecified atom stereocenters. The highest BCUT2D eigenvalue weighted by Gasteiger charge is 2.62. The molecule has 0 aliphatic heterocycles. The first-order valence-electron chi connectivity index (χ1n) is 13.6. The van der Waals surface area contributed by atoms with Crippen LogP contribution >= 0.6 is 0 Å². The van der Waals surface area contributed by atoms with Gasteiger partial charge in [-0.15, -0.1) is 0 Å². The van der Waals surface area contributed by atoms with E-state index in [0.717, 1.165) is 30.6 Å².